The fourth-order valence-corrected chi connectivity index (χ4v) is 2.00. The van der Waals surface area contributed by atoms with E-state index in [0.29, 0.717) is 12.0 Å². The van der Waals surface area contributed by atoms with Crippen LogP contribution in [0.5, 0.6) is 5.75 Å². The van der Waals surface area contributed by atoms with Gasteiger partial charge in [0, 0.05) is 6.54 Å². The van der Waals surface area contributed by atoms with E-state index in [-0.39, 0.29) is 6.42 Å². The van der Waals surface area contributed by atoms with Crippen molar-refractivity contribution in [2.75, 3.05) is 19.7 Å². The normalized spacial score (nSPS) is 11.4. The number of carbonyl (C=O) groups is 1. The summed E-state index contributed by atoms with van der Waals surface area (Å²) >= 11 is 0. The van der Waals surface area contributed by atoms with Gasteiger partial charge in [-0.15, -0.1) is 0 Å². The van der Waals surface area contributed by atoms with Gasteiger partial charge in [0.1, 0.15) is 5.75 Å². The number of carboxylic acid groups (broad SMARTS) is 1. The monoisotopic (exact) mass is 307 g/mol. The minimum atomic E-state index is -0.757. The summed E-state index contributed by atoms with van der Waals surface area (Å²) in [6.45, 7) is 8.75. The van der Waals surface area contributed by atoms with Gasteiger partial charge >= 0.3 is 5.97 Å². The molecule has 0 saturated carbocycles. The number of benzene rings is 1. The van der Waals surface area contributed by atoms with Crippen LogP contribution >= 0.6 is 0 Å². The third kappa shape index (κ3) is 9.40. The van der Waals surface area contributed by atoms with Crippen molar-refractivity contribution in [3.05, 3.63) is 29.8 Å². The molecular weight excluding hydrogens is 278 g/mol. The first-order chi connectivity index (χ1) is 10.4. The second-order valence-electron chi connectivity index (χ2n) is 6.80. The minimum absolute atomic E-state index is 0.178. The van der Waals surface area contributed by atoms with Crippen LogP contribution in [0, 0.1) is 5.41 Å². The third-order valence-corrected chi connectivity index (χ3v) is 3.35. The molecule has 1 aromatic carbocycles. The highest BCUT2D eigenvalue weighted by Crippen LogP contribution is 2.20. The lowest BCUT2D eigenvalue weighted by molar-refractivity contribution is -0.136. The molecule has 0 aliphatic rings. The Morgan fingerprint density at radius 2 is 2.05 bits per heavy atom. The van der Waals surface area contributed by atoms with Gasteiger partial charge in [-0.25, -0.2) is 0 Å². The number of aryl methyl sites for hydroxylation is 1. The Morgan fingerprint density at radius 3 is 2.73 bits per heavy atom. The van der Waals surface area contributed by atoms with Crippen molar-refractivity contribution in [1.82, 2.24) is 5.32 Å². The molecule has 22 heavy (non-hydrogen) atoms. The van der Waals surface area contributed by atoms with E-state index in [1.807, 2.05) is 12.1 Å². The van der Waals surface area contributed by atoms with Crippen molar-refractivity contribution in [1.29, 1.82) is 0 Å². The maximum atomic E-state index is 10.4. The SMILES string of the molecule is CC(C)(C)CCOc1cccc(CCCNCCC(=O)O)c1. The zero-order valence-corrected chi connectivity index (χ0v) is 14.0. The molecule has 1 rings (SSSR count). The van der Waals surface area contributed by atoms with Gasteiger partial charge in [0.25, 0.3) is 0 Å². The Morgan fingerprint density at radius 1 is 1.27 bits per heavy atom. The first kappa shape index (κ1) is 18.5. The molecule has 0 unspecified atom stereocenters. The van der Waals surface area contributed by atoms with Crippen LogP contribution in [-0.4, -0.2) is 30.8 Å². The van der Waals surface area contributed by atoms with E-state index < -0.39 is 5.97 Å². The first-order valence-electron chi connectivity index (χ1n) is 8.01. The number of rotatable bonds is 10. The summed E-state index contributed by atoms with van der Waals surface area (Å²) in [7, 11) is 0. The Hall–Kier alpha value is -1.55. The van der Waals surface area contributed by atoms with Crippen molar-refractivity contribution in [2.45, 2.75) is 46.5 Å². The molecule has 1 aromatic rings. The van der Waals surface area contributed by atoms with E-state index in [1.54, 1.807) is 0 Å². The first-order valence-corrected chi connectivity index (χ1v) is 8.01. The number of aliphatic carboxylic acids is 1. The van der Waals surface area contributed by atoms with Gasteiger partial charge in [-0.3, -0.25) is 4.79 Å². The van der Waals surface area contributed by atoms with E-state index in [9.17, 15) is 4.79 Å². The van der Waals surface area contributed by atoms with Crippen LogP contribution in [0.15, 0.2) is 24.3 Å². The summed E-state index contributed by atoms with van der Waals surface area (Å²) in [5.41, 5.74) is 1.55. The molecule has 0 aliphatic heterocycles. The fourth-order valence-electron chi connectivity index (χ4n) is 2.00. The Balaban J connectivity index is 2.24. The lowest BCUT2D eigenvalue weighted by atomic mass is 9.93. The van der Waals surface area contributed by atoms with Crippen LogP contribution in [0.25, 0.3) is 0 Å². The molecule has 124 valence electrons. The lowest BCUT2D eigenvalue weighted by Crippen LogP contribution is -2.19. The highest BCUT2D eigenvalue weighted by atomic mass is 16.5. The van der Waals surface area contributed by atoms with Crippen molar-refractivity contribution in [2.24, 2.45) is 5.41 Å². The molecule has 4 heteroatoms. The van der Waals surface area contributed by atoms with E-state index >= 15 is 0 Å². The Bertz CT molecular complexity index is 452. The van der Waals surface area contributed by atoms with Crippen LogP contribution in [0.2, 0.25) is 0 Å². The molecule has 0 heterocycles. The zero-order valence-electron chi connectivity index (χ0n) is 14.0. The summed E-state index contributed by atoms with van der Waals surface area (Å²) in [6, 6.07) is 8.23. The summed E-state index contributed by atoms with van der Waals surface area (Å²) in [5, 5.41) is 11.7. The van der Waals surface area contributed by atoms with Gasteiger partial charge in [0.2, 0.25) is 0 Å². The molecule has 2 N–H and O–H groups in total. The molecule has 0 amide bonds. The Labute approximate surface area is 133 Å². The van der Waals surface area contributed by atoms with E-state index in [2.05, 4.69) is 38.2 Å². The van der Waals surface area contributed by atoms with Crippen molar-refractivity contribution in [3.8, 4) is 5.75 Å². The van der Waals surface area contributed by atoms with Gasteiger partial charge in [0.05, 0.1) is 13.0 Å². The van der Waals surface area contributed by atoms with E-state index in [4.69, 9.17) is 9.84 Å². The molecule has 0 aliphatic carbocycles. The summed E-state index contributed by atoms with van der Waals surface area (Å²) in [5.74, 6) is 0.174. The molecule has 0 atom stereocenters. The van der Waals surface area contributed by atoms with Gasteiger partial charge in [-0.2, -0.15) is 0 Å². The van der Waals surface area contributed by atoms with Crippen LogP contribution in [-0.2, 0) is 11.2 Å². The van der Waals surface area contributed by atoms with Crippen LogP contribution < -0.4 is 10.1 Å². The number of hydrogen-bond donors (Lipinski definition) is 2. The van der Waals surface area contributed by atoms with Gasteiger partial charge < -0.3 is 15.2 Å². The predicted octanol–water partition coefficient (Wildman–Crippen LogP) is 3.50. The molecule has 4 nitrogen and oxygen atoms in total. The second-order valence-corrected chi connectivity index (χ2v) is 6.80. The standard InChI is InChI=1S/C18H29NO3/c1-18(2,3)10-13-22-16-8-4-6-15(14-16)7-5-11-19-12-9-17(20)21/h4,6,8,14,19H,5,7,9-13H2,1-3H3,(H,20,21). The summed E-state index contributed by atoms with van der Waals surface area (Å²) < 4.78 is 5.81. The molecule has 0 fully saturated rings. The molecular formula is C18H29NO3. The summed E-state index contributed by atoms with van der Waals surface area (Å²) in [4.78, 5) is 10.4. The molecule has 0 aromatic heterocycles. The lowest BCUT2D eigenvalue weighted by Gasteiger charge is -2.18. The van der Waals surface area contributed by atoms with Crippen molar-refractivity contribution < 1.29 is 14.6 Å². The maximum Gasteiger partial charge on any atom is 0.304 e. The summed E-state index contributed by atoms with van der Waals surface area (Å²) in [6.07, 6.45) is 3.17. The van der Waals surface area contributed by atoms with E-state index in [1.165, 1.54) is 5.56 Å². The Kier molecular flexibility index (Phi) is 7.96. The second kappa shape index (κ2) is 9.46. The zero-order chi connectivity index (χ0) is 16.4. The number of carboxylic acids is 1. The van der Waals surface area contributed by atoms with Crippen LogP contribution in [0.3, 0.4) is 0 Å². The van der Waals surface area contributed by atoms with Crippen molar-refractivity contribution >= 4 is 5.97 Å². The van der Waals surface area contributed by atoms with Crippen molar-refractivity contribution in [3.63, 3.8) is 0 Å². The molecule has 0 saturated heterocycles. The highest BCUT2D eigenvalue weighted by molar-refractivity contribution is 5.66. The molecule has 0 bridgehead atoms. The highest BCUT2D eigenvalue weighted by Gasteiger charge is 2.09. The molecule has 0 spiro atoms. The van der Waals surface area contributed by atoms with E-state index in [0.717, 1.165) is 38.2 Å². The largest absolute Gasteiger partial charge is 0.494 e. The topological polar surface area (TPSA) is 58.6 Å². The number of ether oxygens (including phenoxy) is 1. The predicted molar refractivity (Wildman–Crippen MR) is 89.5 cm³/mol. The minimum Gasteiger partial charge on any atom is -0.494 e. The molecule has 0 radical (unpaired) electrons. The number of hydrogen-bond acceptors (Lipinski definition) is 3. The van der Waals surface area contributed by atoms with Gasteiger partial charge in [-0.1, -0.05) is 32.9 Å². The van der Waals surface area contributed by atoms with Crippen LogP contribution in [0.1, 0.15) is 45.6 Å². The average Bonchev–Trinajstić information content (AvgIpc) is 2.41. The van der Waals surface area contributed by atoms with Gasteiger partial charge in [-0.05, 0) is 48.9 Å². The fraction of sp³-hybridized carbons (Fsp3) is 0.611. The van der Waals surface area contributed by atoms with Crippen LogP contribution in [0.4, 0.5) is 0 Å². The third-order valence-electron chi connectivity index (χ3n) is 3.35. The quantitative estimate of drug-likeness (QED) is 0.650. The maximum absolute atomic E-state index is 10.4. The van der Waals surface area contributed by atoms with Gasteiger partial charge in [0.15, 0.2) is 0 Å². The average molecular weight is 307 g/mol. The number of nitrogens with one attached hydrogen (secondary N) is 1. The smallest absolute Gasteiger partial charge is 0.304 e.